The summed E-state index contributed by atoms with van der Waals surface area (Å²) in [4.78, 5) is 29.8. The van der Waals surface area contributed by atoms with Crippen molar-refractivity contribution in [1.82, 2.24) is 15.2 Å². The summed E-state index contributed by atoms with van der Waals surface area (Å²) < 4.78 is 5.08. The van der Waals surface area contributed by atoms with E-state index in [0.29, 0.717) is 24.2 Å². The van der Waals surface area contributed by atoms with Crippen LogP contribution in [0, 0.1) is 0 Å². The number of aromatic amines is 1. The number of amides is 1. The van der Waals surface area contributed by atoms with Crippen molar-refractivity contribution in [3.05, 3.63) is 70.2 Å². The zero-order valence-electron chi connectivity index (χ0n) is 17.6. The van der Waals surface area contributed by atoms with E-state index in [4.69, 9.17) is 4.42 Å². The van der Waals surface area contributed by atoms with Crippen molar-refractivity contribution in [2.75, 3.05) is 19.6 Å². The topological polar surface area (TPSA) is 98.6 Å². The number of hydrogen-bond acceptors (Lipinski definition) is 5. The minimum absolute atomic E-state index is 0. The Labute approximate surface area is 200 Å². The van der Waals surface area contributed by atoms with Gasteiger partial charge in [-0.05, 0) is 42.5 Å². The molecule has 172 valence electrons. The van der Waals surface area contributed by atoms with Crippen LogP contribution in [0.3, 0.4) is 0 Å². The smallest absolute Gasteiger partial charge is 0.408 e. The number of oxazole rings is 1. The molecule has 3 aromatic rings. The molecule has 1 amide bonds. The Kier molecular flexibility index (Phi) is 7.44. The maximum Gasteiger partial charge on any atom is 0.417 e. The Morgan fingerprint density at radius 1 is 1.22 bits per heavy atom. The molecule has 32 heavy (non-hydrogen) atoms. The summed E-state index contributed by atoms with van der Waals surface area (Å²) in [6.07, 6.45) is 2.02. The molecule has 1 saturated carbocycles. The summed E-state index contributed by atoms with van der Waals surface area (Å²) in [7, 11) is 0. The van der Waals surface area contributed by atoms with Gasteiger partial charge in [-0.2, -0.15) is 27.0 Å². The molecule has 2 aliphatic rings. The van der Waals surface area contributed by atoms with Crippen LogP contribution < -0.4 is 11.1 Å². The van der Waals surface area contributed by atoms with E-state index in [1.807, 2.05) is 42.5 Å². The molecule has 9 heteroatoms. The van der Waals surface area contributed by atoms with Crippen LogP contribution in [0.4, 0.5) is 0 Å². The molecule has 0 radical (unpaired) electrons. The van der Waals surface area contributed by atoms with Gasteiger partial charge in [0.25, 0.3) is 0 Å². The Morgan fingerprint density at radius 3 is 2.62 bits per heavy atom. The highest BCUT2D eigenvalue weighted by atomic mass is 32.1. The maximum absolute atomic E-state index is 13.4. The summed E-state index contributed by atoms with van der Waals surface area (Å²) in [5.41, 5.74) is 2.49. The van der Waals surface area contributed by atoms with Gasteiger partial charge < -0.3 is 14.8 Å². The number of H-pyrrole nitrogens is 1. The molecular weight excluding hydrogens is 446 g/mol. The van der Waals surface area contributed by atoms with Gasteiger partial charge in [0.05, 0.1) is 23.1 Å². The van der Waals surface area contributed by atoms with E-state index in [1.165, 1.54) is 0 Å². The molecule has 2 heterocycles. The monoisotopic (exact) mass is 475 g/mol. The zero-order valence-corrected chi connectivity index (χ0v) is 19.6. The van der Waals surface area contributed by atoms with E-state index in [1.54, 1.807) is 6.07 Å². The standard InChI is InChI=1S/C23H25N3O4.2H2S/c27-17-8-11-26(13-17)14-19(15-4-2-1-3-5-15)24-21(28)23(9-10-23)16-6-7-20-18(12-16)25-22(29)30-20;;/h1-7,12,17,19,27H,8-11,13-14H2,(H,24,28)(H,25,29);2*1H2/t17-,19+;;/m0../s1. The predicted molar refractivity (Wildman–Crippen MR) is 133 cm³/mol. The second kappa shape index (κ2) is 9.74. The minimum Gasteiger partial charge on any atom is -0.408 e. The fourth-order valence-electron chi connectivity index (χ4n) is 4.47. The molecule has 1 aliphatic carbocycles. The van der Waals surface area contributed by atoms with Crippen LogP contribution in [0.5, 0.6) is 0 Å². The van der Waals surface area contributed by atoms with Crippen LogP contribution in [-0.4, -0.2) is 46.6 Å². The summed E-state index contributed by atoms with van der Waals surface area (Å²) >= 11 is 0. The van der Waals surface area contributed by atoms with E-state index < -0.39 is 11.2 Å². The maximum atomic E-state index is 13.4. The van der Waals surface area contributed by atoms with Crippen LogP contribution in [0.25, 0.3) is 11.1 Å². The zero-order chi connectivity index (χ0) is 20.7. The average Bonchev–Trinajstić information content (AvgIpc) is 3.33. The first kappa shape index (κ1) is 24.4. The van der Waals surface area contributed by atoms with Crippen molar-refractivity contribution in [1.29, 1.82) is 0 Å². The number of benzene rings is 2. The van der Waals surface area contributed by atoms with Gasteiger partial charge in [0.2, 0.25) is 5.91 Å². The van der Waals surface area contributed by atoms with Crippen molar-refractivity contribution in [2.45, 2.75) is 36.8 Å². The molecule has 2 fully saturated rings. The van der Waals surface area contributed by atoms with Gasteiger partial charge in [0.15, 0.2) is 5.58 Å². The van der Waals surface area contributed by atoms with E-state index in [2.05, 4.69) is 15.2 Å². The highest BCUT2D eigenvalue weighted by Crippen LogP contribution is 2.49. The lowest BCUT2D eigenvalue weighted by Gasteiger charge is -2.27. The van der Waals surface area contributed by atoms with Crippen LogP contribution >= 0.6 is 27.0 Å². The number of rotatable bonds is 6. The van der Waals surface area contributed by atoms with Crippen LogP contribution in [-0.2, 0) is 10.2 Å². The van der Waals surface area contributed by atoms with Crippen molar-refractivity contribution in [3.8, 4) is 0 Å². The number of nitrogens with zero attached hydrogens (tertiary/aromatic N) is 1. The molecule has 3 N–H and O–H groups in total. The molecule has 5 rings (SSSR count). The van der Waals surface area contributed by atoms with Gasteiger partial charge in [-0.25, -0.2) is 4.79 Å². The van der Waals surface area contributed by atoms with Crippen molar-refractivity contribution in [2.24, 2.45) is 0 Å². The molecular formula is C23H29N3O4S2. The Balaban J connectivity index is 0.00000144. The van der Waals surface area contributed by atoms with Crippen molar-refractivity contribution < 1.29 is 14.3 Å². The second-order valence-corrected chi connectivity index (χ2v) is 8.45. The fraction of sp³-hybridized carbons (Fsp3) is 0.391. The fourth-order valence-corrected chi connectivity index (χ4v) is 4.47. The summed E-state index contributed by atoms with van der Waals surface area (Å²) in [5, 5.41) is 13.2. The molecule has 1 saturated heterocycles. The number of hydrogen-bond donors (Lipinski definition) is 3. The number of likely N-dealkylation sites (tertiary alicyclic amines) is 1. The average molecular weight is 476 g/mol. The van der Waals surface area contributed by atoms with E-state index in [0.717, 1.165) is 36.9 Å². The Hall–Kier alpha value is -2.20. The number of aromatic nitrogens is 1. The lowest BCUT2D eigenvalue weighted by Crippen LogP contribution is -2.42. The normalized spacial score (nSPS) is 20.2. The number of carbonyl (C=O) groups excluding carboxylic acids is 1. The summed E-state index contributed by atoms with van der Waals surface area (Å²) in [6, 6.07) is 15.3. The summed E-state index contributed by atoms with van der Waals surface area (Å²) in [5.74, 6) is -0.491. The third-order valence-electron chi connectivity index (χ3n) is 6.35. The molecule has 1 aromatic heterocycles. The highest BCUT2D eigenvalue weighted by Gasteiger charge is 2.52. The van der Waals surface area contributed by atoms with Crippen LogP contribution in [0.15, 0.2) is 57.7 Å². The molecule has 0 spiro atoms. The van der Waals surface area contributed by atoms with Gasteiger partial charge >= 0.3 is 5.76 Å². The third-order valence-corrected chi connectivity index (χ3v) is 6.35. The SMILES string of the molecule is O=C(N[C@H](CN1CC[C@H](O)C1)c1ccccc1)C1(c2ccc3oc(=O)[nH]c3c2)CC1.S.S. The second-order valence-electron chi connectivity index (χ2n) is 8.45. The van der Waals surface area contributed by atoms with Crippen molar-refractivity contribution in [3.63, 3.8) is 0 Å². The predicted octanol–water partition coefficient (Wildman–Crippen LogP) is 2.30. The highest BCUT2D eigenvalue weighted by molar-refractivity contribution is 7.59. The lowest BCUT2D eigenvalue weighted by molar-refractivity contribution is -0.124. The first-order valence-corrected chi connectivity index (χ1v) is 10.4. The number of fused-ring (bicyclic) bond motifs is 1. The quantitative estimate of drug-likeness (QED) is 0.508. The first-order valence-electron chi connectivity index (χ1n) is 10.4. The first-order chi connectivity index (χ1) is 14.5. The number of aliphatic hydroxyl groups excluding tert-OH is 1. The van der Waals surface area contributed by atoms with Gasteiger partial charge in [0, 0.05) is 19.6 Å². The number of carbonyl (C=O) groups is 1. The van der Waals surface area contributed by atoms with Gasteiger partial charge in [-0.1, -0.05) is 36.4 Å². The summed E-state index contributed by atoms with van der Waals surface area (Å²) in [6.45, 7) is 2.13. The molecule has 7 nitrogen and oxygen atoms in total. The van der Waals surface area contributed by atoms with E-state index in [9.17, 15) is 14.7 Å². The van der Waals surface area contributed by atoms with Gasteiger partial charge in [-0.15, -0.1) is 0 Å². The van der Waals surface area contributed by atoms with Gasteiger partial charge in [0.1, 0.15) is 0 Å². The molecule has 0 unspecified atom stereocenters. The Morgan fingerprint density at radius 2 is 1.97 bits per heavy atom. The van der Waals surface area contributed by atoms with E-state index >= 15 is 0 Å². The van der Waals surface area contributed by atoms with Crippen molar-refractivity contribution >= 4 is 44.0 Å². The number of aliphatic hydroxyl groups is 1. The Bertz CT molecular complexity index is 1130. The molecule has 1 aliphatic heterocycles. The number of nitrogens with one attached hydrogen (secondary N) is 2. The van der Waals surface area contributed by atoms with E-state index in [-0.39, 0.29) is 45.0 Å². The van der Waals surface area contributed by atoms with Gasteiger partial charge in [-0.3, -0.25) is 14.7 Å². The van der Waals surface area contributed by atoms with Crippen LogP contribution in [0.1, 0.15) is 36.4 Å². The molecule has 2 aromatic carbocycles. The molecule has 0 bridgehead atoms. The number of β-amino-alcohol motifs (C(OH)–C–C–N with tert-alkyl or cyclic N) is 1. The third kappa shape index (κ3) is 4.76. The largest absolute Gasteiger partial charge is 0.417 e. The van der Waals surface area contributed by atoms with Crippen LogP contribution in [0.2, 0.25) is 0 Å². The minimum atomic E-state index is -0.570. The molecule has 2 atom stereocenters. The lowest BCUT2D eigenvalue weighted by atomic mass is 9.93.